The van der Waals surface area contributed by atoms with Gasteiger partial charge >= 0.3 is 5.16 Å². The standard InChI is InChI=1S/C15H13ClN2S/c1-10-2-7-13-14(8-10)18-15(17-13)19-9-11-3-5-12(16)6-4-11/h2-8H,9H2,1H3,(H,17,18)/p+1. The molecule has 1 aromatic heterocycles. The second-order valence-corrected chi connectivity index (χ2v) is 5.97. The molecule has 4 heteroatoms. The maximum absolute atomic E-state index is 5.88. The number of aromatic nitrogens is 2. The van der Waals surface area contributed by atoms with Gasteiger partial charge in [0.1, 0.15) is 0 Å². The number of nitrogens with one attached hydrogen (secondary N) is 2. The smallest absolute Gasteiger partial charge is 0.231 e. The zero-order valence-corrected chi connectivity index (χ0v) is 12.1. The van der Waals surface area contributed by atoms with Crippen LogP contribution in [-0.2, 0) is 5.75 Å². The summed E-state index contributed by atoms with van der Waals surface area (Å²) in [4.78, 5) is 6.79. The lowest BCUT2D eigenvalue weighted by Crippen LogP contribution is -2.01. The average Bonchev–Trinajstić information content (AvgIpc) is 2.80. The molecule has 0 saturated carbocycles. The zero-order chi connectivity index (χ0) is 13.2. The van der Waals surface area contributed by atoms with Crippen molar-refractivity contribution < 1.29 is 4.98 Å². The van der Waals surface area contributed by atoms with E-state index in [2.05, 4.69) is 47.2 Å². The summed E-state index contributed by atoms with van der Waals surface area (Å²) < 4.78 is 0. The Kier molecular flexibility index (Phi) is 3.49. The first-order chi connectivity index (χ1) is 9.20. The molecule has 0 amide bonds. The highest BCUT2D eigenvalue weighted by molar-refractivity contribution is 7.98. The van der Waals surface area contributed by atoms with Gasteiger partial charge in [0.25, 0.3) is 0 Å². The third kappa shape index (κ3) is 2.94. The van der Waals surface area contributed by atoms with Crippen LogP contribution in [0.5, 0.6) is 0 Å². The Morgan fingerprint density at radius 2 is 1.95 bits per heavy atom. The van der Waals surface area contributed by atoms with Crippen LogP contribution in [0.4, 0.5) is 0 Å². The first kappa shape index (κ1) is 12.6. The van der Waals surface area contributed by atoms with Gasteiger partial charge in [-0.15, -0.1) is 0 Å². The fourth-order valence-corrected chi connectivity index (χ4v) is 2.95. The lowest BCUT2D eigenvalue weighted by atomic mass is 10.2. The van der Waals surface area contributed by atoms with Crippen LogP contribution in [0.25, 0.3) is 11.0 Å². The summed E-state index contributed by atoms with van der Waals surface area (Å²) in [5.74, 6) is 0.916. The molecule has 1 heterocycles. The number of aromatic amines is 2. The van der Waals surface area contributed by atoms with E-state index in [4.69, 9.17) is 11.6 Å². The molecule has 0 saturated heterocycles. The quantitative estimate of drug-likeness (QED) is 0.718. The van der Waals surface area contributed by atoms with E-state index >= 15 is 0 Å². The number of hydrogen-bond donors (Lipinski definition) is 1. The number of imidazole rings is 1. The molecule has 0 aliphatic heterocycles. The van der Waals surface area contributed by atoms with Crippen molar-refractivity contribution in [2.45, 2.75) is 17.8 Å². The zero-order valence-electron chi connectivity index (χ0n) is 10.5. The van der Waals surface area contributed by atoms with Gasteiger partial charge < -0.3 is 0 Å². The molecule has 19 heavy (non-hydrogen) atoms. The van der Waals surface area contributed by atoms with Crippen molar-refractivity contribution in [3.8, 4) is 0 Å². The predicted octanol–water partition coefficient (Wildman–Crippen LogP) is 4.24. The lowest BCUT2D eigenvalue weighted by Gasteiger charge is -1.96. The summed E-state index contributed by atoms with van der Waals surface area (Å²) in [7, 11) is 0. The fraction of sp³-hybridized carbons (Fsp3) is 0.133. The van der Waals surface area contributed by atoms with Gasteiger partial charge in [0.05, 0.1) is 0 Å². The maximum atomic E-state index is 5.88. The van der Waals surface area contributed by atoms with Gasteiger partial charge in [-0.1, -0.05) is 29.8 Å². The first-order valence-electron chi connectivity index (χ1n) is 6.09. The van der Waals surface area contributed by atoms with Crippen LogP contribution in [0.1, 0.15) is 11.1 Å². The second-order valence-electron chi connectivity index (χ2n) is 4.54. The normalized spacial score (nSPS) is 11.1. The van der Waals surface area contributed by atoms with Crippen molar-refractivity contribution in [2.75, 3.05) is 0 Å². The molecule has 3 aromatic rings. The van der Waals surface area contributed by atoms with Crippen LogP contribution < -0.4 is 4.98 Å². The van der Waals surface area contributed by atoms with E-state index in [0.717, 1.165) is 27.0 Å². The van der Waals surface area contributed by atoms with E-state index in [1.807, 2.05) is 12.1 Å². The van der Waals surface area contributed by atoms with Crippen LogP contribution in [0, 0.1) is 6.92 Å². The van der Waals surface area contributed by atoms with Crippen molar-refractivity contribution in [3.63, 3.8) is 0 Å². The van der Waals surface area contributed by atoms with Crippen molar-refractivity contribution in [1.29, 1.82) is 0 Å². The second kappa shape index (κ2) is 5.27. The molecule has 0 atom stereocenters. The van der Waals surface area contributed by atoms with E-state index in [1.165, 1.54) is 11.1 Å². The molecule has 2 aromatic carbocycles. The van der Waals surface area contributed by atoms with Crippen molar-refractivity contribution in [3.05, 3.63) is 58.6 Å². The summed E-state index contributed by atoms with van der Waals surface area (Å²) in [5, 5.41) is 1.86. The Morgan fingerprint density at radius 1 is 1.16 bits per heavy atom. The van der Waals surface area contributed by atoms with Gasteiger partial charge in [-0.3, -0.25) is 0 Å². The molecule has 96 valence electrons. The summed E-state index contributed by atoms with van der Waals surface area (Å²) in [6, 6.07) is 14.3. The highest BCUT2D eigenvalue weighted by Crippen LogP contribution is 2.21. The highest BCUT2D eigenvalue weighted by atomic mass is 35.5. The average molecular weight is 290 g/mol. The number of benzene rings is 2. The lowest BCUT2D eigenvalue weighted by molar-refractivity contribution is -0.396. The minimum absolute atomic E-state index is 0.779. The first-order valence-corrected chi connectivity index (χ1v) is 7.46. The third-order valence-electron chi connectivity index (χ3n) is 2.97. The number of H-pyrrole nitrogens is 2. The van der Waals surface area contributed by atoms with E-state index in [9.17, 15) is 0 Å². The Labute approximate surface area is 121 Å². The van der Waals surface area contributed by atoms with Gasteiger partial charge in [-0.2, -0.15) is 0 Å². The number of hydrogen-bond acceptors (Lipinski definition) is 1. The Bertz CT molecular complexity index is 704. The van der Waals surface area contributed by atoms with Gasteiger partial charge in [-0.05, 0) is 54.1 Å². The molecule has 0 spiro atoms. The Balaban J connectivity index is 1.76. The molecule has 0 unspecified atom stereocenters. The van der Waals surface area contributed by atoms with E-state index in [-0.39, 0.29) is 0 Å². The number of rotatable bonds is 3. The summed E-state index contributed by atoms with van der Waals surface area (Å²) in [5.41, 5.74) is 4.82. The monoisotopic (exact) mass is 289 g/mol. The largest absolute Gasteiger partial charge is 0.314 e. The van der Waals surface area contributed by atoms with Crippen molar-refractivity contribution in [2.24, 2.45) is 0 Å². The molecule has 0 bridgehead atoms. The fourth-order valence-electron chi connectivity index (χ4n) is 1.95. The minimum Gasteiger partial charge on any atom is -0.231 e. The predicted molar refractivity (Wildman–Crippen MR) is 80.6 cm³/mol. The topological polar surface area (TPSA) is 29.9 Å². The molecule has 3 rings (SSSR count). The van der Waals surface area contributed by atoms with Crippen molar-refractivity contribution >= 4 is 34.4 Å². The number of thioether (sulfide) groups is 1. The van der Waals surface area contributed by atoms with Gasteiger partial charge in [0, 0.05) is 10.8 Å². The van der Waals surface area contributed by atoms with E-state index in [0.29, 0.717) is 0 Å². The number of fused-ring (bicyclic) bond motifs is 1. The molecular weight excluding hydrogens is 276 g/mol. The molecule has 0 fully saturated rings. The number of aryl methyl sites for hydroxylation is 1. The van der Waals surface area contributed by atoms with Crippen LogP contribution in [0.2, 0.25) is 5.02 Å². The van der Waals surface area contributed by atoms with Crippen LogP contribution in [-0.4, -0.2) is 4.98 Å². The van der Waals surface area contributed by atoms with Gasteiger partial charge in [-0.25, -0.2) is 9.97 Å². The maximum Gasteiger partial charge on any atom is 0.314 e. The molecule has 2 N–H and O–H groups in total. The molecule has 2 nitrogen and oxygen atoms in total. The van der Waals surface area contributed by atoms with Crippen LogP contribution in [0.3, 0.4) is 0 Å². The van der Waals surface area contributed by atoms with Crippen molar-refractivity contribution in [1.82, 2.24) is 4.98 Å². The molecule has 0 aliphatic rings. The SMILES string of the molecule is Cc1ccc2[nH+]c(SCc3ccc(Cl)cc3)[nH]c2c1. The third-order valence-corrected chi connectivity index (χ3v) is 4.19. The highest BCUT2D eigenvalue weighted by Gasteiger charge is 2.10. The number of halogens is 1. The molecule has 0 aliphatic carbocycles. The van der Waals surface area contributed by atoms with E-state index in [1.54, 1.807) is 11.8 Å². The summed E-state index contributed by atoms with van der Waals surface area (Å²) in [6.45, 7) is 2.10. The summed E-state index contributed by atoms with van der Waals surface area (Å²) >= 11 is 7.63. The van der Waals surface area contributed by atoms with Gasteiger partial charge in [0.2, 0.25) is 0 Å². The van der Waals surface area contributed by atoms with Crippen LogP contribution >= 0.6 is 23.4 Å². The molecular formula is C15H14ClN2S+. The Morgan fingerprint density at radius 3 is 2.74 bits per heavy atom. The van der Waals surface area contributed by atoms with Gasteiger partial charge in [0.15, 0.2) is 11.0 Å². The molecule has 0 radical (unpaired) electrons. The Hall–Kier alpha value is -1.45. The van der Waals surface area contributed by atoms with Crippen LogP contribution in [0.15, 0.2) is 47.6 Å². The minimum atomic E-state index is 0.779. The van der Waals surface area contributed by atoms with E-state index < -0.39 is 0 Å². The summed E-state index contributed by atoms with van der Waals surface area (Å²) in [6.07, 6.45) is 0.